The monoisotopic (exact) mass is 407 g/mol. The van der Waals surface area contributed by atoms with E-state index < -0.39 is 0 Å². The van der Waals surface area contributed by atoms with Gasteiger partial charge in [-0.1, -0.05) is 30.3 Å². The zero-order valence-electron chi connectivity index (χ0n) is 17.5. The van der Waals surface area contributed by atoms with Crippen LogP contribution in [0, 0.1) is 5.92 Å². The molecule has 2 aliphatic rings. The highest BCUT2D eigenvalue weighted by Crippen LogP contribution is 2.33. The highest BCUT2D eigenvalue weighted by atomic mass is 16.2. The van der Waals surface area contributed by atoms with Crippen molar-refractivity contribution in [2.45, 2.75) is 38.5 Å². The summed E-state index contributed by atoms with van der Waals surface area (Å²) in [6, 6.07) is 10.1. The van der Waals surface area contributed by atoms with Gasteiger partial charge in [0.1, 0.15) is 5.82 Å². The van der Waals surface area contributed by atoms with Crippen LogP contribution in [0.4, 0.5) is 5.82 Å². The number of nitrogens with two attached hydrogens (primary N) is 1. The van der Waals surface area contributed by atoms with Crippen LogP contribution in [0.25, 0.3) is 11.4 Å². The molecular formula is C23H29N5O2. The van der Waals surface area contributed by atoms with Crippen molar-refractivity contribution in [3.63, 3.8) is 0 Å². The fourth-order valence-corrected chi connectivity index (χ4v) is 4.46. The topological polar surface area (TPSA) is 92.4 Å². The molecule has 1 atom stereocenters. The lowest BCUT2D eigenvalue weighted by atomic mass is 9.96. The lowest BCUT2D eigenvalue weighted by Gasteiger charge is -2.35. The number of rotatable bonds is 6. The molecule has 1 aromatic carbocycles. The molecule has 4 rings (SSSR count). The summed E-state index contributed by atoms with van der Waals surface area (Å²) in [6.07, 6.45) is 5.07. The highest BCUT2D eigenvalue weighted by Gasteiger charge is 2.31. The third-order valence-electron chi connectivity index (χ3n) is 6.08. The van der Waals surface area contributed by atoms with E-state index in [1.165, 1.54) is 5.56 Å². The van der Waals surface area contributed by atoms with Crippen LogP contribution in [0.5, 0.6) is 0 Å². The van der Waals surface area contributed by atoms with E-state index in [0.717, 1.165) is 61.5 Å². The standard InChI is InChI=1S/C23H29N5O2/c1-27(14-12-20(24)29)23(30)17-9-6-13-28(15-17)22-18-10-5-11-19(18)25-21(26-22)16-7-3-2-4-8-16/h2-4,7-8,17H,5-6,9-15H2,1H3,(H2,24,29). The van der Waals surface area contributed by atoms with Crippen LogP contribution < -0.4 is 10.6 Å². The van der Waals surface area contributed by atoms with Crippen molar-refractivity contribution in [1.82, 2.24) is 14.9 Å². The van der Waals surface area contributed by atoms with E-state index in [1.807, 2.05) is 30.3 Å². The Kier molecular flexibility index (Phi) is 5.97. The molecule has 0 bridgehead atoms. The summed E-state index contributed by atoms with van der Waals surface area (Å²) in [4.78, 5) is 37.7. The van der Waals surface area contributed by atoms with Gasteiger partial charge in [0.2, 0.25) is 11.8 Å². The first-order chi connectivity index (χ1) is 14.5. The maximum atomic E-state index is 12.9. The lowest BCUT2D eigenvalue weighted by molar-refractivity contribution is -0.134. The van der Waals surface area contributed by atoms with E-state index >= 15 is 0 Å². The number of amides is 2. The Hall–Kier alpha value is -2.96. The van der Waals surface area contributed by atoms with E-state index in [-0.39, 0.29) is 24.2 Å². The van der Waals surface area contributed by atoms with Gasteiger partial charge in [0.05, 0.1) is 5.92 Å². The molecule has 0 spiro atoms. The molecule has 1 aromatic heterocycles. The summed E-state index contributed by atoms with van der Waals surface area (Å²) in [6.45, 7) is 1.91. The molecule has 1 fully saturated rings. The number of hydrogen-bond donors (Lipinski definition) is 1. The minimum Gasteiger partial charge on any atom is -0.370 e. The third kappa shape index (κ3) is 4.30. The van der Waals surface area contributed by atoms with Crippen LogP contribution >= 0.6 is 0 Å². The van der Waals surface area contributed by atoms with Gasteiger partial charge in [-0.2, -0.15) is 0 Å². The first-order valence-corrected chi connectivity index (χ1v) is 10.8. The van der Waals surface area contributed by atoms with E-state index in [1.54, 1.807) is 11.9 Å². The molecule has 2 heterocycles. The van der Waals surface area contributed by atoms with E-state index in [2.05, 4.69) is 4.90 Å². The van der Waals surface area contributed by atoms with Gasteiger partial charge in [0, 0.05) is 49.9 Å². The SMILES string of the molecule is CN(CCC(N)=O)C(=O)C1CCCN(c2nc(-c3ccccc3)nc3c2CCC3)C1. The number of aryl methyl sites for hydroxylation is 1. The van der Waals surface area contributed by atoms with Gasteiger partial charge in [-0.05, 0) is 32.1 Å². The van der Waals surface area contributed by atoms with Crippen LogP contribution in [0.1, 0.15) is 36.9 Å². The largest absolute Gasteiger partial charge is 0.370 e. The van der Waals surface area contributed by atoms with Crippen molar-refractivity contribution in [2.75, 3.05) is 31.6 Å². The van der Waals surface area contributed by atoms with Crippen LogP contribution in [0.3, 0.4) is 0 Å². The second kappa shape index (κ2) is 8.81. The first kappa shape index (κ1) is 20.3. The van der Waals surface area contributed by atoms with Crippen molar-refractivity contribution >= 4 is 17.6 Å². The molecule has 7 heteroatoms. The molecule has 30 heavy (non-hydrogen) atoms. The summed E-state index contributed by atoms with van der Waals surface area (Å²) in [7, 11) is 1.75. The number of carbonyl (C=O) groups excluding carboxylic acids is 2. The van der Waals surface area contributed by atoms with Crippen molar-refractivity contribution in [2.24, 2.45) is 11.7 Å². The number of anilines is 1. The Labute approximate surface area is 177 Å². The summed E-state index contributed by atoms with van der Waals surface area (Å²) in [5, 5.41) is 0. The first-order valence-electron chi connectivity index (χ1n) is 10.8. The van der Waals surface area contributed by atoms with Gasteiger partial charge in [0.15, 0.2) is 5.82 Å². The third-order valence-corrected chi connectivity index (χ3v) is 6.08. The Morgan fingerprint density at radius 1 is 1.17 bits per heavy atom. The van der Waals surface area contributed by atoms with E-state index in [9.17, 15) is 9.59 Å². The molecule has 2 amide bonds. The second-order valence-corrected chi connectivity index (χ2v) is 8.28. The smallest absolute Gasteiger partial charge is 0.227 e. The molecule has 0 radical (unpaired) electrons. The number of piperidine rings is 1. The van der Waals surface area contributed by atoms with Crippen molar-refractivity contribution in [3.8, 4) is 11.4 Å². The van der Waals surface area contributed by atoms with Crippen molar-refractivity contribution in [1.29, 1.82) is 0 Å². The van der Waals surface area contributed by atoms with Gasteiger partial charge in [0.25, 0.3) is 0 Å². The maximum Gasteiger partial charge on any atom is 0.227 e. The van der Waals surface area contributed by atoms with Crippen LogP contribution in [0.2, 0.25) is 0 Å². The predicted octanol–water partition coefficient (Wildman–Crippen LogP) is 2.18. The molecule has 7 nitrogen and oxygen atoms in total. The molecule has 1 aliphatic carbocycles. The lowest BCUT2D eigenvalue weighted by Crippen LogP contribution is -2.45. The number of nitrogens with zero attached hydrogens (tertiary/aromatic N) is 4. The maximum absolute atomic E-state index is 12.9. The zero-order chi connectivity index (χ0) is 21.1. The van der Waals surface area contributed by atoms with Gasteiger partial charge in [-0.3, -0.25) is 9.59 Å². The molecular weight excluding hydrogens is 378 g/mol. The Bertz CT molecular complexity index is 931. The Balaban J connectivity index is 1.57. The van der Waals surface area contributed by atoms with Gasteiger partial charge in [-0.15, -0.1) is 0 Å². The van der Waals surface area contributed by atoms with Gasteiger partial charge >= 0.3 is 0 Å². The number of fused-ring (bicyclic) bond motifs is 1. The van der Waals surface area contributed by atoms with Crippen LogP contribution in [0.15, 0.2) is 30.3 Å². The number of carbonyl (C=O) groups is 2. The quantitative estimate of drug-likeness (QED) is 0.792. The van der Waals surface area contributed by atoms with Crippen molar-refractivity contribution < 1.29 is 9.59 Å². The Morgan fingerprint density at radius 3 is 2.73 bits per heavy atom. The van der Waals surface area contributed by atoms with Crippen LogP contribution in [-0.4, -0.2) is 53.4 Å². The fourth-order valence-electron chi connectivity index (χ4n) is 4.46. The summed E-state index contributed by atoms with van der Waals surface area (Å²) in [5.74, 6) is 1.36. The zero-order valence-corrected chi connectivity index (χ0v) is 17.5. The fraction of sp³-hybridized carbons (Fsp3) is 0.478. The minimum absolute atomic E-state index is 0.0786. The average Bonchev–Trinajstić information content (AvgIpc) is 3.25. The number of benzene rings is 1. The molecule has 1 saturated heterocycles. The minimum atomic E-state index is -0.384. The average molecular weight is 408 g/mol. The van der Waals surface area contributed by atoms with E-state index in [0.29, 0.717) is 13.1 Å². The van der Waals surface area contributed by atoms with Crippen LogP contribution in [-0.2, 0) is 22.4 Å². The second-order valence-electron chi connectivity index (χ2n) is 8.28. The summed E-state index contributed by atoms with van der Waals surface area (Å²) < 4.78 is 0. The number of aromatic nitrogens is 2. The van der Waals surface area contributed by atoms with Gasteiger partial charge < -0.3 is 15.5 Å². The normalized spacial score (nSPS) is 18.2. The molecule has 2 aromatic rings. The van der Waals surface area contributed by atoms with Crippen molar-refractivity contribution in [3.05, 3.63) is 41.6 Å². The number of primary amides is 1. The molecule has 1 aliphatic heterocycles. The highest BCUT2D eigenvalue weighted by molar-refractivity contribution is 5.81. The Morgan fingerprint density at radius 2 is 1.97 bits per heavy atom. The summed E-state index contributed by atoms with van der Waals surface area (Å²) >= 11 is 0. The van der Waals surface area contributed by atoms with E-state index in [4.69, 9.17) is 15.7 Å². The molecule has 2 N–H and O–H groups in total. The molecule has 0 saturated carbocycles. The molecule has 158 valence electrons. The predicted molar refractivity (Wildman–Crippen MR) is 116 cm³/mol. The molecule has 1 unspecified atom stereocenters. The van der Waals surface area contributed by atoms with Gasteiger partial charge in [-0.25, -0.2) is 9.97 Å². The summed E-state index contributed by atoms with van der Waals surface area (Å²) in [5.41, 5.74) is 8.64. The number of hydrogen-bond acceptors (Lipinski definition) is 5.